The minimum absolute atomic E-state index is 0.151. The van der Waals surface area contributed by atoms with Crippen molar-refractivity contribution in [1.82, 2.24) is 4.31 Å². The van der Waals surface area contributed by atoms with Crippen LogP contribution in [0.4, 0.5) is 0 Å². The third kappa shape index (κ3) is 4.54. The van der Waals surface area contributed by atoms with E-state index in [1.54, 1.807) is 31.2 Å². The number of thiophene rings is 1. The van der Waals surface area contributed by atoms with Crippen molar-refractivity contribution in [2.24, 2.45) is 0 Å². The predicted molar refractivity (Wildman–Crippen MR) is 90.4 cm³/mol. The Labute approximate surface area is 144 Å². The van der Waals surface area contributed by atoms with E-state index < -0.39 is 16.0 Å². The smallest absolute Gasteiger partial charge is 0.308 e. The van der Waals surface area contributed by atoms with Crippen molar-refractivity contribution in [3.63, 3.8) is 0 Å². The molecule has 0 aliphatic carbocycles. The van der Waals surface area contributed by atoms with E-state index in [-0.39, 0.29) is 17.2 Å². The van der Waals surface area contributed by atoms with Gasteiger partial charge in [-0.25, -0.2) is 8.42 Å². The number of sulfonamides is 1. The average molecular weight is 374 g/mol. The zero-order chi connectivity index (χ0) is 17.0. The van der Waals surface area contributed by atoms with Gasteiger partial charge in [0.1, 0.15) is 4.21 Å². The van der Waals surface area contributed by atoms with Crippen molar-refractivity contribution >= 4 is 38.9 Å². The molecule has 23 heavy (non-hydrogen) atoms. The first-order valence-electron chi connectivity index (χ1n) is 6.88. The molecule has 0 saturated carbocycles. The molecule has 0 aliphatic rings. The van der Waals surface area contributed by atoms with E-state index in [9.17, 15) is 13.2 Å². The number of nitrogens with zero attached hydrogens (tertiary/aromatic N) is 1. The van der Waals surface area contributed by atoms with E-state index in [0.29, 0.717) is 16.4 Å². The molecule has 0 fully saturated rings. The molecule has 0 spiro atoms. The molecule has 0 atom stereocenters. The maximum atomic E-state index is 12.7. The topological polar surface area (TPSA) is 74.7 Å². The number of hydrogen-bond donors (Lipinski definition) is 1. The molecule has 5 nitrogen and oxygen atoms in total. The number of halogens is 1. The molecule has 0 saturated heterocycles. The van der Waals surface area contributed by atoms with Crippen molar-refractivity contribution in [2.75, 3.05) is 6.54 Å². The highest BCUT2D eigenvalue weighted by molar-refractivity contribution is 7.91. The molecule has 0 unspecified atom stereocenters. The molecule has 0 amide bonds. The van der Waals surface area contributed by atoms with Gasteiger partial charge in [0, 0.05) is 23.0 Å². The Morgan fingerprint density at radius 1 is 1.30 bits per heavy atom. The highest BCUT2D eigenvalue weighted by atomic mass is 35.5. The molecule has 1 aromatic heterocycles. The molecule has 8 heteroatoms. The molecule has 1 heterocycles. The Bertz CT molecular complexity index is 801. The Morgan fingerprint density at radius 3 is 2.65 bits per heavy atom. The minimum Gasteiger partial charge on any atom is -0.481 e. The maximum absolute atomic E-state index is 12.7. The first-order chi connectivity index (χ1) is 10.8. The van der Waals surface area contributed by atoms with Gasteiger partial charge >= 0.3 is 5.97 Å². The second-order valence-electron chi connectivity index (χ2n) is 4.85. The van der Waals surface area contributed by atoms with E-state index >= 15 is 0 Å². The summed E-state index contributed by atoms with van der Waals surface area (Å²) in [6.07, 6.45) is -0.180. The van der Waals surface area contributed by atoms with Crippen molar-refractivity contribution in [3.8, 4) is 0 Å². The number of hydrogen-bond acceptors (Lipinski definition) is 4. The number of rotatable bonds is 7. The van der Waals surface area contributed by atoms with Gasteiger partial charge in [0.15, 0.2) is 0 Å². The Kier molecular flexibility index (Phi) is 5.80. The third-order valence-corrected chi connectivity index (χ3v) is 6.87. The zero-order valence-corrected chi connectivity index (χ0v) is 14.8. The Hall–Kier alpha value is -1.41. The SMILES string of the molecule is CCN(Cc1cccc(Cl)c1)S(=O)(=O)c1ccc(CC(=O)O)s1. The molecule has 2 rings (SSSR count). The summed E-state index contributed by atoms with van der Waals surface area (Å²) in [5.74, 6) is -0.984. The van der Waals surface area contributed by atoms with Crippen molar-refractivity contribution in [1.29, 1.82) is 0 Å². The lowest BCUT2D eigenvalue weighted by Crippen LogP contribution is -2.29. The van der Waals surface area contributed by atoms with Crippen LogP contribution in [0.5, 0.6) is 0 Å². The Balaban J connectivity index is 2.24. The van der Waals surface area contributed by atoms with Gasteiger partial charge in [-0.2, -0.15) is 4.31 Å². The lowest BCUT2D eigenvalue weighted by molar-refractivity contribution is -0.136. The molecule has 1 aromatic carbocycles. The summed E-state index contributed by atoms with van der Waals surface area (Å²) in [5.41, 5.74) is 0.797. The molecule has 0 aliphatic heterocycles. The van der Waals surface area contributed by atoms with Gasteiger partial charge in [-0.3, -0.25) is 4.79 Å². The summed E-state index contributed by atoms with van der Waals surface area (Å²) in [4.78, 5) is 11.2. The van der Waals surface area contributed by atoms with Crippen LogP contribution in [0.2, 0.25) is 5.02 Å². The summed E-state index contributed by atoms with van der Waals surface area (Å²) in [7, 11) is -3.66. The van der Waals surface area contributed by atoms with Crippen LogP contribution in [0.15, 0.2) is 40.6 Å². The zero-order valence-electron chi connectivity index (χ0n) is 12.4. The van der Waals surface area contributed by atoms with Gasteiger partial charge in [0.2, 0.25) is 0 Å². The first-order valence-corrected chi connectivity index (χ1v) is 9.51. The lowest BCUT2D eigenvalue weighted by atomic mass is 10.2. The van der Waals surface area contributed by atoms with Crippen LogP contribution in [-0.2, 0) is 27.8 Å². The minimum atomic E-state index is -3.66. The Morgan fingerprint density at radius 2 is 2.04 bits per heavy atom. The molecule has 1 N–H and O–H groups in total. The van der Waals surface area contributed by atoms with Crippen molar-refractivity contribution < 1.29 is 18.3 Å². The fraction of sp³-hybridized carbons (Fsp3) is 0.267. The van der Waals surface area contributed by atoms with Gasteiger partial charge < -0.3 is 5.11 Å². The third-order valence-electron chi connectivity index (χ3n) is 3.16. The number of carboxylic acids is 1. The van der Waals surface area contributed by atoms with Crippen LogP contribution in [0, 0.1) is 0 Å². The molecular weight excluding hydrogens is 358 g/mol. The molecule has 2 aromatic rings. The van der Waals surface area contributed by atoms with Gasteiger partial charge in [0.25, 0.3) is 10.0 Å². The van der Waals surface area contributed by atoms with Crippen LogP contribution in [0.1, 0.15) is 17.4 Å². The maximum Gasteiger partial charge on any atom is 0.308 e. The second kappa shape index (κ2) is 7.44. The van der Waals surface area contributed by atoms with E-state index in [2.05, 4.69) is 0 Å². The molecule has 124 valence electrons. The van der Waals surface area contributed by atoms with Gasteiger partial charge in [-0.1, -0.05) is 30.7 Å². The van der Waals surface area contributed by atoms with Crippen LogP contribution >= 0.6 is 22.9 Å². The number of aliphatic carboxylic acids is 1. The van der Waals surface area contributed by atoms with Crippen LogP contribution < -0.4 is 0 Å². The monoisotopic (exact) mass is 373 g/mol. The van der Waals surface area contributed by atoms with Gasteiger partial charge in [0.05, 0.1) is 6.42 Å². The van der Waals surface area contributed by atoms with Gasteiger partial charge in [-0.15, -0.1) is 11.3 Å². The predicted octanol–water partition coefficient (Wildman–Crippen LogP) is 3.24. The fourth-order valence-corrected chi connectivity index (χ4v) is 5.22. The van der Waals surface area contributed by atoms with E-state index in [4.69, 9.17) is 16.7 Å². The summed E-state index contributed by atoms with van der Waals surface area (Å²) >= 11 is 6.92. The second-order valence-corrected chi connectivity index (χ2v) is 8.62. The highest BCUT2D eigenvalue weighted by Gasteiger charge is 2.25. The highest BCUT2D eigenvalue weighted by Crippen LogP contribution is 2.26. The first kappa shape index (κ1) is 17.9. The summed E-state index contributed by atoms with van der Waals surface area (Å²) < 4.78 is 26.9. The fourth-order valence-electron chi connectivity index (χ4n) is 2.07. The van der Waals surface area contributed by atoms with Crippen LogP contribution in [0.25, 0.3) is 0 Å². The van der Waals surface area contributed by atoms with E-state index in [1.807, 2.05) is 6.07 Å². The van der Waals surface area contributed by atoms with Gasteiger partial charge in [-0.05, 0) is 29.8 Å². The molecular formula is C15H16ClNO4S2. The standard InChI is InChI=1S/C15H16ClNO4S2/c1-2-17(10-11-4-3-5-12(16)8-11)23(20,21)15-7-6-13(22-15)9-14(18)19/h3-8H,2,9-10H2,1H3,(H,18,19). The van der Waals surface area contributed by atoms with E-state index in [0.717, 1.165) is 16.9 Å². The normalized spacial score (nSPS) is 11.8. The van der Waals surface area contributed by atoms with E-state index in [1.165, 1.54) is 10.4 Å². The summed E-state index contributed by atoms with van der Waals surface area (Å²) in [5, 5.41) is 9.34. The average Bonchev–Trinajstić information content (AvgIpc) is 2.93. The van der Waals surface area contributed by atoms with Crippen LogP contribution in [-0.4, -0.2) is 30.3 Å². The number of carbonyl (C=O) groups is 1. The molecule has 0 bridgehead atoms. The van der Waals surface area contributed by atoms with Crippen molar-refractivity contribution in [2.45, 2.75) is 24.1 Å². The number of carboxylic acid groups (broad SMARTS) is 1. The van der Waals surface area contributed by atoms with Crippen molar-refractivity contribution in [3.05, 3.63) is 51.9 Å². The summed E-state index contributed by atoms with van der Waals surface area (Å²) in [6.45, 7) is 2.28. The largest absolute Gasteiger partial charge is 0.481 e. The van der Waals surface area contributed by atoms with Crippen LogP contribution in [0.3, 0.4) is 0 Å². The lowest BCUT2D eigenvalue weighted by Gasteiger charge is -2.19. The number of benzene rings is 1. The quantitative estimate of drug-likeness (QED) is 0.808. The summed E-state index contributed by atoms with van der Waals surface area (Å²) in [6, 6.07) is 10.0. The molecule has 0 radical (unpaired) electrons.